The van der Waals surface area contributed by atoms with Gasteiger partial charge in [0.25, 0.3) is 0 Å². The van der Waals surface area contributed by atoms with Gasteiger partial charge in [0.05, 0.1) is 17.6 Å². The van der Waals surface area contributed by atoms with E-state index in [1.807, 2.05) is 0 Å². The molecule has 0 saturated heterocycles. The first kappa shape index (κ1) is 16.2. The van der Waals surface area contributed by atoms with Crippen molar-refractivity contribution in [3.05, 3.63) is 74.6 Å². The van der Waals surface area contributed by atoms with Crippen LogP contribution in [0, 0.1) is 10.1 Å². The van der Waals surface area contributed by atoms with Crippen molar-refractivity contribution in [2.75, 3.05) is 7.11 Å². The van der Waals surface area contributed by atoms with Crippen LogP contribution >= 0.6 is 0 Å². The number of methoxy groups -OCH3 is 1. The van der Waals surface area contributed by atoms with Gasteiger partial charge in [-0.25, -0.2) is 9.59 Å². The van der Waals surface area contributed by atoms with Crippen LogP contribution in [-0.2, 0) is 4.74 Å². The van der Waals surface area contributed by atoms with E-state index in [4.69, 9.17) is 9.15 Å². The number of carbonyl (C=O) groups is 1. The Labute approximate surface area is 140 Å². The van der Waals surface area contributed by atoms with Crippen LogP contribution in [0.2, 0.25) is 0 Å². The number of fused-ring (bicyclic) bond motifs is 1. The fourth-order valence-corrected chi connectivity index (χ4v) is 2.22. The van der Waals surface area contributed by atoms with Crippen LogP contribution in [0.1, 0.15) is 10.4 Å². The van der Waals surface area contributed by atoms with Crippen molar-refractivity contribution in [3.63, 3.8) is 0 Å². The lowest BCUT2D eigenvalue weighted by molar-refractivity contribution is -0.385. The minimum atomic E-state index is -0.649. The molecule has 8 heteroatoms. The molecule has 8 nitrogen and oxygen atoms in total. The number of nitrogens with zero attached hydrogens (tertiary/aromatic N) is 1. The Hall–Kier alpha value is -3.68. The molecular weight excluding hydrogens is 330 g/mol. The summed E-state index contributed by atoms with van der Waals surface area (Å²) in [6.07, 6.45) is 0. The summed E-state index contributed by atoms with van der Waals surface area (Å²) in [5.41, 5.74) is -0.460. The highest BCUT2D eigenvalue weighted by atomic mass is 16.6. The van der Waals surface area contributed by atoms with Gasteiger partial charge in [0.15, 0.2) is 0 Å². The van der Waals surface area contributed by atoms with E-state index in [0.717, 1.165) is 6.07 Å². The number of carbonyl (C=O) groups excluding carboxylic acids is 1. The zero-order valence-electron chi connectivity index (χ0n) is 12.9. The molecule has 126 valence electrons. The van der Waals surface area contributed by atoms with E-state index in [9.17, 15) is 19.7 Å². The maximum Gasteiger partial charge on any atom is 0.337 e. The van der Waals surface area contributed by atoms with Crippen LogP contribution in [0.4, 0.5) is 5.69 Å². The lowest BCUT2D eigenvalue weighted by Crippen LogP contribution is -2.02. The van der Waals surface area contributed by atoms with E-state index in [1.165, 1.54) is 31.4 Å². The molecule has 0 spiro atoms. The molecule has 0 radical (unpaired) electrons. The average Bonchev–Trinajstić information content (AvgIpc) is 2.60. The minimum absolute atomic E-state index is 0.107. The highest BCUT2D eigenvalue weighted by Gasteiger charge is 2.19. The van der Waals surface area contributed by atoms with Gasteiger partial charge >= 0.3 is 17.3 Å². The largest absolute Gasteiger partial charge is 0.465 e. The van der Waals surface area contributed by atoms with Gasteiger partial charge in [-0.05, 0) is 24.3 Å². The molecule has 0 N–H and O–H groups in total. The van der Waals surface area contributed by atoms with Crippen LogP contribution in [0.5, 0.6) is 11.5 Å². The quantitative estimate of drug-likeness (QED) is 0.310. The predicted octanol–water partition coefficient (Wildman–Crippen LogP) is 3.28. The molecule has 1 aromatic heterocycles. The number of hydrogen-bond donors (Lipinski definition) is 0. The van der Waals surface area contributed by atoms with Gasteiger partial charge in [0.1, 0.15) is 11.3 Å². The third-order valence-electron chi connectivity index (χ3n) is 3.40. The van der Waals surface area contributed by atoms with Crippen LogP contribution in [0.25, 0.3) is 11.0 Å². The van der Waals surface area contributed by atoms with E-state index in [1.54, 1.807) is 18.2 Å². The molecule has 0 amide bonds. The van der Waals surface area contributed by atoms with Crippen molar-refractivity contribution in [2.24, 2.45) is 0 Å². The summed E-state index contributed by atoms with van der Waals surface area (Å²) < 4.78 is 15.2. The Kier molecular flexibility index (Phi) is 4.17. The Morgan fingerprint density at radius 1 is 1.12 bits per heavy atom. The lowest BCUT2D eigenvalue weighted by Gasteiger charge is -2.08. The molecule has 0 unspecified atom stereocenters. The molecule has 0 atom stereocenters. The number of rotatable bonds is 4. The number of nitro benzene ring substituents is 1. The Morgan fingerprint density at radius 2 is 1.88 bits per heavy atom. The van der Waals surface area contributed by atoms with Gasteiger partial charge in [0, 0.05) is 29.7 Å². The summed E-state index contributed by atoms with van der Waals surface area (Å²) in [7, 11) is 1.20. The van der Waals surface area contributed by atoms with Crippen LogP contribution in [0.3, 0.4) is 0 Å². The third-order valence-corrected chi connectivity index (χ3v) is 3.40. The molecule has 0 saturated carbocycles. The maximum atomic E-state index is 11.6. The predicted molar refractivity (Wildman–Crippen MR) is 87.0 cm³/mol. The number of benzene rings is 2. The first-order chi connectivity index (χ1) is 12.0. The second kappa shape index (κ2) is 6.44. The molecule has 0 aliphatic heterocycles. The van der Waals surface area contributed by atoms with E-state index in [2.05, 4.69) is 4.74 Å². The van der Waals surface area contributed by atoms with Gasteiger partial charge in [-0.3, -0.25) is 10.1 Å². The first-order valence-electron chi connectivity index (χ1n) is 7.06. The van der Waals surface area contributed by atoms with Gasteiger partial charge < -0.3 is 13.9 Å². The second-order valence-electron chi connectivity index (χ2n) is 4.99. The van der Waals surface area contributed by atoms with E-state index < -0.39 is 16.5 Å². The highest BCUT2D eigenvalue weighted by molar-refractivity contribution is 5.90. The topological polar surface area (TPSA) is 109 Å². The monoisotopic (exact) mass is 341 g/mol. The minimum Gasteiger partial charge on any atom is -0.465 e. The molecule has 0 aliphatic rings. The van der Waals surface area contributed by atoms with Crippen LogP contribution < -0.4 is 10.4 Å². The van der Waals surface area contributed by atoms with E-state index in [-0.39, 0.29) is 28.3 Å². The zero-order valence-corrected chi connectivity index (χ0v) is 12.9. The van der Waals surface area contributed by atoms with Gasteiger partial charge in [0.2, 0.25) is 5.75 Å². The summed E-state index contributed by atoms with van der Waals surface area (Å²) in [6.45, 7) is 0. The number of ether oxygens (including phenoxy) is 2. The van der Waals surface area contributed by atoms with Gasteiger partial charge in [-0.1, -0.05) is 0 Å². The maximum absolute atomic E-state index is 11.6. The fraction of sp³-hybridized carbons (Fsp3) is 0.0588. The molecule has 0 fully saturated rings. The van der Waals surface area contributed by atoms with Gasteiger partial charge in [-0.2, -0.15) is 0 Å². The van der Waals surface area contributed by atoms with Crippen LogP contribution in [0.15, 0.2) is 57.7 Å². The number of esters is 1. The smallest absolute Gasteiger partial charge is 0.337 e. The summed E-state index contributed by atoms with van der Waals surface area (Å²) in [5, 5.41) is 11.8. The molecule has 2 aromatic carbocycles. The molecule has 3 rings (SSSR count). The second-order valence-corrected chi connectivity index (χ2v) is 4.99. The summed E-state index contributed by atoms with van der Waals surface area (Å²) in [5.74, 6) is -0.568. The molecule has 0 bridgehead atoms. The van der Waals surface area contributed by atoms with Crippen molar-refractivity contribution in [2.45, 2.75) is 0 Å². The van der Waals surface area contributed by atoms with Crippen molar-refractivity contribution >= 4 is 22.6 Å². The summed E-state index contributed by atoms with van der Waals surface area (Å²) >= 11 is 0. The molecule has 25 heavy (non-hydrogen) atoms. The first-order valence-corrected chi connectivity index (χ1v) is 7.06. The number of hydrogen-bond acceptors (Lipinski definition) is 7. The Bertz CT molecular complexity index is 1040. The molecule has 1 heterocycles. The van der Waals surface area contributed by atoms with E-state index in [0.29, 0.717) is 5.39 Å². The molecule has 3 aromatic rings. The molecular formula is C17H11NO7. The third kappa shape index (κ3) is 3.32. The summed E-state index contributed by atoms with van der Waals surface area (Å²) in [4.78, 5) is 33.5. The van der Waals surface area contributed by atoms with Crippen LogP contribution in [-0.4, -0.2) is 18.0 Å². The standard InChI is InChI=1S/C17H11NO7/c1-23-17(20)11-3-6-13(18(21)22)15(8-11)24-12-5-2-10-4-7-16(19)25-14(10)9-12/h2-9H,1H3. The average molecular weight is 341 g/mol. The normalized spacial score (nSPS) is 10.4. The Morgan fingerprint density at radius 3 is 2.60 bits per heavy atom. The van der Waals surface area contributed by atoms with Crippen molar-refractivity contribution in [1.82, 2.24) is 0 Å². The Balaban J connectivity index is 2.05. The molecule has 0 aliphatic carbocycles. The SMILES string of the molecule is COC(=O)c1ccc([N+](=O)[O-])c(Oc2ccc3ccc(=O)oc3c2)c1. The number of nitro groups is 1. The van der Waals surface area contributed by atoms with Crippen molar-refractivity contribution in [3.8, 4) is 11.5 Å². The van der Waals surface area contributed by atoms with Crippen molar-refractivity contribution < 1.29 is 23.6 Å². The van der Waals surface area contributed by atoms with Gasteiger partial charge in [-0.15, -0.1) is 0 Å². The van der Waals surface area contributed by atoms with Crippen molar-refractivity contribution in [1.29, 1.82) is 0 Å². The zero-order chi connectivity index (χ0) is 18.0. The highest BCUT2D eigenvalue weighted by Crippen LogP contribution is 2.33. The fourth-order valence-electron chi connectivity index (χ4n) is 2.22. The van der Waals surface area contributed by atoms with E-state index >= 15 is 0 Å². The lowest BCUT2D eigenvalue weighted by atomic mass is 10.2. The summed E-state index contributed by atoms with van der Waals surface area (Å²) in [6, 6.07) is 11.2.